The lowest BCUT2D eigenvalue weighted by Crippen LogP contribution is -2.41. The normalized spacial score (nSPS) is 27.9. The second kappa shape index (κ2) is 7.97. The first kappa shape index (κ1) is 15.7. The number of piperidine rings is 1. The van der Waals surface area contributed by atoms with E-state index in [0.29, 0.717) is 12.3 Å². The lowest BCUT2D eigenvalue weighted by molar-refractivity contribution is -0.135. The van der Waals surface area contributed by atoms with E-state index in [9.17, 15) is 4.79 Å². The van der Waals surface area contributed by atoms with Gasteiger partial charge in [0.1, 0.15) is 0 Å². The van der Waals surface area contributed by atoms with Crippen molar-refractivity contribution in [2.75, 3.05) is 26.2 Å². The number of carbonyl (C=O) groups is 1. The van der Waals surface area contributed by atoms with E-state index in [1.165, 1.54) is 6.42 Å². The van der Waals surface area contributed by atoms with Gasteiger partial charge in [0.2, 0.25) is 5.91 Å². The summed E-state index contributed by atoms with van der Waals surface area (Å²) in [5.74, 6) is 0.890. The molecule has 0 spiro atoms. The predicted octanol–water partition coefficient (Wildman–Crippen LogP) is 1.56. The van der Waals surface area contributed by atoms with Crippen molar-refractivity contribution in [1.82, 2.24) is 4.90 Å². The van der Waals surface area contributed by atoms with Gasteiger partial charge in [-0.1, -0.05) is 0 Å². The van der Waals surface area contributed by atoms with Crippen molar-refractivity contribution in [2.24, 2.45) is 11.7 Å². The second-order valence-electron chi connectivity index (χ2n) is 5.26. The summed E-state index contributed by atoms with van der Waals surface area (Å²) in [7, 11) is 0. The molecule has 2 saturated heterocycles. The van der Waals surface area contributed by atoms with Gasteiger partial charge in [0.05, 0.1) is 12.5 Å². The van der Waals surface area contributed by atoms with E-state index >= 15 is 0 Å². The first-order valence-electron chi connectivity index (χ1n) is 6.89. The number of amides is 1. The molecule has 0 bridgehead atoms. The molecule has 2 aliphatic heterocycles. The van der Waals surface area contributed by atoms with Gasteiger partial charge in [0, 0.05) is 19.7 Å². The summed E-state index contributed by atoms with van der Waals surface area (Å²) in [5, 5.41) is 0. The van der Waals surface area contributed by atoms with Crippen LogP contribution in [0.25, 0.3) is 0 Å². The number of hydrogen-bond acceptors (Lipinski definition) is 3. The molecule has 0 aromatic rings. The molecule has 106 valence electrons. The minimum absolute atomic E-state index is 0. The van der Waals surface area contributed by atoms with E-state index in [0.717, 1.165) is 51.9 Å². The van der Waals surface area contributed by atoms with Crippen LogP contribution in [0.2, 0.25) is 0 Å². The fourth-order valence-electron chi connectivity index (χ4n) is 2.89. The maximum absolute atomic E-state index is 12.1. The molecule has 2 rings (SSSR count). The van der Waals surface area contributed by atoms with E-state index < -0.39 is 0 Å². The van der Waals surface area contributed by atoms with Crippen LogP contribution in [0.4, 0.5) is 0 Å². The Hall–Kier alpha value is -0.320. The molecule has 2 aliphatic rings. The molecular formula is C13H25ClN2O2. The summed E-state index contributed by atoms with van der Waals surface area (Å²) in [4.78, 5) is 14.1. The van der Waals surface area contributed by atoms with Gasteiger partial charge in [-0.3, -0.25) is 4.79 Å². The monoisotopic (exact) mass is 276 g/mol. The number of likely N-dealkylation sites (tertiary alicyclic amines) is 1. The van der Waals surface area contributed by atoms with Crippen molar-refractivity contribution >= 4 is 18.3 Å². The van der Waals surface area contributed by atoms with Crippen LogP contribution in [0.5, 0.6) is 0 Å². The number of nitrogens with zero attached hydrogens (tertiary/aromatic N) is 1. The zero-order valence-electron chi connectivity index (χ0n) is 11.0. The molecule has 0 radical (unpaired) electrons. The third-order valence-corrected chi connectivity index (χ3v) is 3.87. The van der Waals surface area contributed by atoms with Crippen LogP contribution >= 0.6 is 12.4 Å². The van der Waals surface area contributed by atoms with Crippen molar-refractivity contribution < 1.29 is 9.53 Å². The molecule has 4 nitrogen and oxygen atoms in total. The Balaban J connectivity index is 0.00000162. The maximum atomic E-state index is 12.1. The Morgan fingerprint density at radius 3 is 2.83 bits per heavy atom. The Bertz CT molecular complexity index is 255. The molecule has 2 fully saturated rings. The van der Waals surface area contributed by atoms with Crippen LogP contribution in [-0.2, 0) is 9.53 Å². The minimum Gasteiger partial charge on any atom is -0.378 e. The summed E-state index contributed by atoms with van der Waals surface area (Å²) >= 11 is 0. The van der Waals surface area contributed by atoms with Crippen LogP contribution in [0.3, 0.4) is 0 Å². The fourth-order valence-corrected chi connectivity index (χ4v) is 2.89. The molecule has 0 aliphatic carbocycles. The van der Waals surface area contributed by atoms with Gasteiger partial charge in [-0.15, -0.1) is 12.4 Å². The fraction of sp³-hybridized carbons (Fsp3) is 0.923. The molecule has 0 saturated carbocycles. The number of ether oxygens (including phenoxy) is 1. The molecule has 2 unspecified atom stereocenters. The lowest BCUT2D eigenvalue weighted by Gasteiger charge is -2.33. The number of carbonyl (C=O) groups excluding carboxylic acids is 1. The molecule has 18 heavy (non-hydrogen) atoms. The van der Waals surface area contributed by atoms with Crippen LogP contribution in [0.15, 0.2) is 0 Å². The summed E-state index contributed by atoms with van der Waals surface area (Å²) in [6.45, 7) is 3.39. The molecule has 0 aromatic heterocycles. The van der Waals surface area contributed by atoms with Gasteiger partial charge in [-0.25, -0.2) is 0 Å². The summed E-state index contributed by atoms with van der Waals surface area (Å²) < 4.78 is 5.52. The van der Waals surface area contributed by atoms with Gasteiger partial charge in [-0.05, 0) is 44.6 Å². The number of nitrogens with two attached hydrogens (primary N) is 1. The topological polar surface area (TPSA) is 55.6 Å². The highest BCUT2D eigenvalue weighted by atomic mass is 35.5. The van der Waals surface area contributed by atoms with E-state index in [1.807, 2.05) is 4.90 Å². The zero-order valence-corrected chi connectivity index (χ0v) is 11.8. The molecule has 5 heteroatoms. The Morgan fingerprint density at radius 2 is 2.17 bits per heavy atom. The van der Waals surface area contributed by atoms with Gasteiger partial charge >= 0.3 is 0 Å². The van der Waals surface area contributed by atoms with Gasteiger partial charge in [0.15, 0.2) is 0 Å². The standard InChI is InChI=1S/C13H24N2O2.ClH/c14-6-5-11-3-1-7-15(10-11)13(16)9-12-4-2-8-17-12;/h11-12H,1-10,14H2;1H. The molecule has 1 amide bonds. The van der Waals surface area contributed by atoms with Crippen molar-refractivity contribution in [1.29, 1.82) is 0 Å². The minimum atomic E-state index is 0. The molecule has 2 N–H and O–H groups in total. The molecule has 2 atom stereocenters. The van der Waals surface area contributed by atoms with Crippen LogP contribution in [0, 0.1) is 5.92 Å². The Morgan fingerprint density at radius 1 is 1.33 bits per heavy atom. The third-order valence-electron chi connectivity index (χ3n) is 3.87. The molecule has 0 aromatic carbocycles. The third kappa shape index (κ3) is 4.41. The van der Waals surface area contributed by atoms with E-state index in [-0.39, 0.29) is 24.4 Å². The average molecular weight is 277 g/mol. The van der Waals surface area contributed by atoms with E-state index in [2.05, 4.69) is 0 Å². The summed E-state index contributed by atoms with van der Waals surface area (Å²) in [6.07, 6.45) is 6.30. The number of rotatable bonds is 4. The Labute approximate surface area is 116 Å². The van der Waals surface area contributed by atoms with Crippen molar-refractivity contribution in [3.05, 3.63) is 0 Å². The van der Waals surface area contributed by atoms with E-state index in [4.69, 9.17) is 10.5 Å². The average Bonchev–Trinajstić information content (AvgIpc) is 2.83. The highest BCUT2D eigenvalue weighted by Crippen LogP contribution is 2.22. The number of halogens is 1. The summed E-state index contributed by atoms with van der Waals surface area (Å²) in [6, 6.07) is 0. The quantitative estimate of drug-likeness (QED) is 0.848. The predicted molar refractivity (Wildman–Crippen MR) is 73.8 cm³/mol. The van der Waals surface area contributed by atoms with Crippen molar-refractivity contribution in [2.45, 2.75) is 44.6 Å². The SMILES string of the molecule is Cl.NCCC1CCCN(C(=O)CC2CCCO2)C1. The first-order valence-corrected chi connectivity index (χ1v) is 6.89. The second-order valence-corrected chi connectivity index (χ2v) is 5.26. The largest absolute Gasteiger partial charge is 0.378 e. The van der Waals surface area contributed by atoms with Crippen LogP contribution in [-0.4, -0.2) is 43.2 Å². The van der Waals surface area contributed by atoms with Crippen molar-refractivity contribution in [3.63, 3.8) is 0 Å². The van der Waals surface area contributed by atoms with Gasteiger partial charge in [-0.2, -0.15) is 0 Å². The first-order chi connectivity index (χ1) is 8.29. The zero-order chi connectivity index (χ0) is 12.1. The Kier molecular flexibility index (Phi) is 6.97. The van der Waals surface area contributed by atoms with Crippen LogP contribution < -0.4 is 5.73 Å². The molecular weight excluding hydrogens is 252 g/mol. The number of hydrogen-bond donors (Lipinski definition) is 1. The maximum Gasteiger partial charge on any atom is 0.225 e. The van der Waals surface area contributed by atoms with Gasteiger partial charge < -0.3 is 15.4 Å². The summed E-state index contributed by atoms with van der Waals surface area (Å²) in [5.41, 5.74) is 5.59. The van der Waals surface area contributed by atoms with Crippen molar-refractivity contribution in [3.8, 4) is 0 Å². The highest BCUT2D eigenvalue weighted by molar-refractivity contribution is 5.85. The van der Waals surface area contributed by atoms with E-state index in [1.54, 1.807) is 0 Å². The van der Waals surface area contributed by atoms with Gasteiger partial charge in [0.25, 0.3) is 0 Å². The highest BCUT2D eigenvalue weighted by Gasteiger charge is 2.26. The molecule has 2 heterocycles. The lowest BCUT2D eigenvalue weighted by atomic mass is 9.94. The smallest absolute Gasteiger partial charge is 0.225 e. The van der Waals surface area contributed by atoms with Crippen LogP contribution in [0.1, 0.15) is 38.5 Å².